The highest BCUT2D eigenvalue weighted by Crippen LogP contribution is 2.40. The smallest absolute Gasteiger partial charge is 0.149 e. The molecule has 4 aromatic carbocycles. The van der Waals surface area contributed by atoms with Gasteiger partial charge in [0.2, 0.25) is 0 Å². The third kappa shape index (κ3) is 3.07. The highest BCUT2D eigenvalue weighted by Gasteiger charge is 2.24. The van der Waals surface area contributed by atoms with Gasteiger partial charge in [-0.1, -0.05) is 88.4 Å². The van der Waals surface area contributed by atoms with E-state index in [9.17, 15) is 0 Å². The van der Waals surface area contributed by atoms with Crippen LogP contribution in [0.4, 0.5) is 0 Å². The van der Waals surface area contributed by atoms with Crippen LogP contribution in [0.5, 0.6) is 0 Å². The maximum Gasteiger partial charge on any atom is 0.149 e. The first kappa shape index (κ1) is 20.7. The molecule has 0 spiro atoms. The summed E-state index contributed by atoms with van der Waals surface area (Å²) in [7, 11) is 0. The average molecular weight is 445 g/mol. The minimum Gasteiger partial charge on any atom is -0.455 e. The molecule has 0 radical (unpaired) electrons. The van der Waals surface area contributed by atoms with E-state index in [1.54, 1.807) is 0 Å². The largest absolute Gasteiger partial charge is 0.455 e. The van der Waals surface area contributed by atoms with E-state index in [0.29, 0.717) is 11.8 Å². The molecule has 0 aliphatic rings. The Morgan fingerprint density at radius 3 is 2.09 bits per heavy atom. The fourth-order valence-corrected chi connectivity index (χ4v) is 5.13. The number of rotatable bonds is 4. The van der Waals surface area contributed by atoms with Crippen LogP contribution in [0.1, 0.15) is 50.7 Å². The van der Waals surface area contributed by atoms with Crippen molar-refractivity contribution >= 4 is 33.0 Å². The zero-order valence-electron chi connectivity index (χ0n) is 20.0. The molecule has 0 fully saturated rings. The maximum atomic E-state index is 6.43. The Morgan fingerprint density at radius 1 is 0.676 bits per heavy atom. The molecule has 0 N–H and O–H groups in total. The summed E-state index contributed by atoms with van der Waals surface area (Å²) in [6.07, 6.45) is 0. The third-order valence-electron chi connectivity index (χ3n) is 6.77. The molecular weight excluding hydrogens is 416 g/mol. The quantitative estimate of drug-likeness (QED) is 0.272. The van der Waals surface area contributed by atoms with Crippen molar-refractivity contribution in [3.8, 4) is 17.1 Å². The first-order valence-electron chi connectivity index (χ1n) is 12.1. The first-order chi connectivity index (χ1) is 16.5. The molecule has 168 valence electrons. The molecule has 0 amide bonds. The van der Waals surface area contributed by atoms with Gasteiger partial charge >= 0.3 is 0 Å². The van der Waals surface area contributed by atoms with Crippen molar-refractivity contribution in [2.24, 2.45) is 0 Å². The summed E-state index contributed by atoms with van der Waals surface area (Å²) in [6.45, 7) is 9.06. The lowest BCUT2D eigenvalue weighted by molar-refractivity contribution is 0.669. The van der Waals surface area contributed by atoms with Gasteiger partial charge in [-0.15, -0.1) is 0 Å². The third-order valence-corrected chi connectivity index (χ3v) is 6.77. The predicted molar refractivity (Wildman–Crippen MR) is 142 cm³/mol. The fraction of sp³-hybridized carbons (Fsp3) is 0.194. The van der Waals surface area contributed by atoms with Gasteiger partial charge in [0.05, 0.1) is 22.3 Å². The van der Waals surface area contributed by atoms with Crippen molar-refractivity contribution < 1.29 is 4.42 Å². The van der Waals surface area contributed by atoms with Crippen LogP contribution in [-0.2, 0) is 0 Å². The van der Waals surface area contributed by atoms with Gasteiger partial charge in [0.25, 0.3) is 0 Å². The van der Waals surface area contributed by atoms with Gasteiger partial charge in [-0.3, -0.25) is 4.57 Å². The van der Waals surface area contributed by atoms with E-state index < -0.39 is 0 Å². The van der Waals surface area contributed by atoms with Gasteiger partial charge in [0.15, 0.2) is 0 Å². The van der Waals surface area contributed by atoms with Gasteiger partial charge in [0.1, 0.15) is 17.0 Å². The summed E-state index contributed by atoms with van der Waals surface area (Å²) in [5, 5.41) is 2.25. The number of para-hydroxylation sites is 5. The lowest BCUT2D eigenvalue weighted by Gasteiger charge is -2.22. The van der Waals surface area contributed by atoms with E-state index in [2.05, 4.69) is 105 Å². The number of nitrogens with zero attached hydrogens (tertiary/aromatic N) is 2. The molecular formula is C31H28N2O. The van der Waals surface area contributed by atoms with Crippen LogP contribution < -0.4 is 0 Å². The summed E-state index contributed by atoms with van der Waals surface area (Å²) < 4.78 is 8.79. The summed E-state index contributed by atoms with van der Waals surface area (Å²) in [4.78, 5) is 5.18. The summed E-state index contributed by atoms with van der Waals surface area (Å²) in [5.74, 6) is 1.68. The minimum atomic E-state index is 0.379. The molecule has 6 aromatic rings. The van der Waals surface area contributed by atoms with E-state index in [-0.39, 0.29) is 0 Å². The molecule has 0 saturated carbocycles. The fourth-order valence-electron chi connectivity index (χ4n) is 5.13. The molecule has 0 bridgehead atoms. The van der Waals surface area contributed by atoms with E-state index in [4.69, 9.17) is 9.40 Å². The second-order valence-electron chi connectivity index (χ2n) is 9.63. The lowest BCUT2D eigenvalue weighted by Crippen LogP contribution is -2.08. The molecule has 3 heteroatoms. The Balaban J connectivity index is 1.77. The van der Waals surface area contributed by atoms with Crippen molar-refractivity contribution in [3.63, 3.8) is 0 Å². The van der Waals surface area contributed by atoms with Crippen molar-refractivity contribution in [2.75, 3.05) is 0 Å². The first-order valence-corrected chi connectivity index (χ1v) is 12.1. The van der Waals surface area contributed by atoms with E-state index >= 15 is 0 Å². The molecule has 3 nitrogen and oxygen atoms in total. The van der Waals surface area contributed by atoms with Crippen LogP contribution in [-0.4, -0.2) is 9.55 Å². The molecule has 0 saturated heterocycles. The van der Waals surface area contributed by atoms with Crippen LogP contribution in [0.25, 0.3) is 50.0 Å². The van der Waals surface area contributed by atoms with Gasteiger partial charge in [-0.2, -0.15) is 0 Å². The van der Waals surface area contributed by atoms with Crippen LogP contribution in [0.15, 0.2) is 89.3 Å². The summed E-state index contributed by atoms with van der Waals surface area (Å²) in [5.41, 5.74) is 8.79. The Labute approximate surface area is 199 Å². The predicted octanol–water partition coefficient (Wildman–Crippen LogP) is 8.84. The highest BCUT2D eigenvalue weighted by molar-refractivity contribution is 6.09. The van der Waals surface area contributed by atoms with Crippen molar-refractivity contribution in [2.45, 2.75) is 39.5 Å². The zero-order valence-corrected chi connectivity index (χ0v) is 20.0. The van der Waals surface area contributed by atoms with Crippen LogP contribution in [0, 0.1) is 0 Å². The van der Waals surface area contributed by atoms with Crippen LogP contribution in [0.3, 0.4) is 0 Å². The monoisotopic (exact) mass is 444 g/mol. The Bertz CT molecular complexity index is 1640. The van der Waals surface area contributed by atoms with E-state index in [1.807, 2.05) is 12.1 Å². The molecule has 0 aliphatic carbocycles. The van der Waals surface area contributed by atoms with Crippen molar-refractivity contribution in [1.29, 1.82) is 0 Å². The van der Waals surface area contributed by atoms with Crippen molar-refractivity contribution in [1.82, 2.24) is 9.55 Å². The van der Waals surface area contributed by atoms with Gasteiger partial charge < -0.3 is 4.42 Å². The number of fused-ring (bicyclic) bond motifs is 4. The Morgan fingerprint density at radius 2 is 1.32 bits per heavy atom. The van der Waals surface area contributed by atoms with Crippen molar-refractivity contribution in [3.05, 3.63) is 96.1 Å². The number of hydrogen-bond acceptors (Lipinski definition) is 2. The number of imidazole rings is 1. The lowest BCUT2D eigenvalue weighted by atomic mass is 9.92. The molecule has 0 aliphatic heterocycles. The Kier molecular flexibility index (Phi) is 4.80. The summed E-state index contributed by atoms with van der Waals surface area (Å²) in [6, 6.07) is 29.8. The normalized spacial score (nSPS) is 12.1. The topological polar surface area (TPSA) is 31.0 Å². The maximum absolute atomic E-state index is 6.43. The molecule has 0 unspecified atom stereocenters. The number of furan rings is 1. The molecule has 2 aromatic heterocycles. The average Bonchev–Trinajstić information content (AvgIpc) is 3.42. The molecule has 6 rings (SSSR count). The number of aromatic nitrogens is 2. The SMILES string of the molecule is CC(C)c1cccc(C(C)C)c1-n1c(-c2cccc3c2oc2ccccc23)nc2ccccc21. The van der Waals surface area contributed by atoms with E-state index in [0.717, 1.165) is 44.4 Å². The zero-order chi connectivity index (χ0) is 23.4. The molecule has 2 heterocycles. The minimum absolute atomic E-state index is 0.379. The number of hydrogen-bond donors (Lipinski definition) is 0. The number of benzene rings is 4. The molecule has 0 atom stereocenters. The Hall–Kier alpha value is -3.85. The van der Waals surface area contributed by atoms with Crippen LogP contribution >= 0.6 is 0 Å². The van der Waals surface area contributed by atoms with E-state index in [1.165, 1.54) is 16.8 Å². The van der Waals surface area contributed by atoms with Gasteiger partial charge in [0, 0.05) is 10.8 Å². The summed E-state index contributed by atoms with van der Waals surface area (Å²) >= 11 is 0. The highest BCUT2D eigenvalue weighted by atomic mass is 16.3. The van der Waals surface area contributed by atoms with Crippen LogP contribution in [0.2, 0.25) is 0 Å². The van der Waals surface area contributed by atoms with Gasteiger partial charge in [-0.25, -0.2) is 4.98 Å². The standard InChI is InChI=1S/C31H28N2O/c1-19(2)21-12-9-13-22(20(3)4)29(21)33-27-17-7-6-16-26(27)32-31(33)25-15-10-14-24-23-11-5-8-18-28(23)34-30(24)25/h5-20H,1-4H3. The molecule has 34 heavy (non-hydrogen) atoms. The van der Waals surface area contributed by atoms with Gasteiger partial charge in [-0.05, 0) is 47.2 Å². The second kappa shape index (κ2) is 7.88. The second-order valence-corrected chi connectivity index (χ2v) is 9.63.